The van der Waals surface area contributed by atoms with Crippen molar-refractivity contribution < 1.29 is 14.4 Å². The molecule has 0 N–H and O–H groups in total. The molecule has 60 valence electrons. The summed E-state index contributed by atoms with van der Waals surface area (Å²) in [6.07, 6.45) is 3.46. The van der Waals surface area contributed by atoms with E-state index in [1.54, 1.807) is 0 Å². The number of aldehydes is 1. The molecule has 0 fully saturated rings. The van der Waals surface area contributed by atoms with Gasteiger partial charge in [-0.2, -0.15) is 0 Å². The molecule has 0 spiro atoms. The first-order valence-electron chi connectivity index (χ1n) is 3.72. The Bertz CT molecular complexity index is 352. The number of ketones is 2. The Balaban J connectivity index is 2.52. The first-order valence-corrected chi connectivity index (χ1v) is 3.72. The molecule has 12 heavy (non-hydrogen) atoms. The second-order valence-electron chi connectivity index (χ2n) is 2.88. The summed E-state index contributed by atoms with van der Waals surface area (Å²) in [5.74, 6) is -1.13. The average molecular weight is 162 g/mol. The van der Waals surface area contributed by atoms with Crippen molar-refractivity contribution in [2.75, 3.05) is 0 Å². The molecule has 0 radical (unpaired) electrons. The largest absolute Gasteiger partial charge is 0.298 e. The Kier molecular flexibility index (Phi) is 1.33. The highest BCUT2D eigenvalue weighted by molar-refractivity contribution is 6.53. The van der Waals surface area contributed by atoms with E-state index in [4.69, 9.17) is 0 Å². The van der Waals surface area contributed by atoms with Crippen LogP contribution in [0.15, 0.2) is 22.8 Å². The van der Waals surface area contributed by atoms with E-state index < -0.39 is 11.6 Å². The molecule has 0 heterocycles. The molecular weight excluding hydrogens is 156 g/mol. The minimum absolute atomic E-state index is 0.00144. The molecule has 0 amide bonds. The van der Waals surface area contributed by atoms with Crippen LogP contribution in [0.4, 0.5) is 0 Å². The SMILES string of the molecule is O=CC1=CC2=C(CC2)C(=O)C1=O. The summed E-state index contributed by atoms with van der Waals surface area (Å²) in [7, 11) is 0. The van der Waals surface area contributed by atoms with E-state index in [2.05, 4.69) is 0 Å². The summed E-state index contributed by atoms with van der Waals surface area (Å²) in [4.78, 5) is 32.5. The van der Waals surface area contributed by atoms with Crippen molar-refractivity contribution in [3.8, 4) is 0 Å². The number of Topliss-reactive ketones (excluding diaryl/α,β-unsaturated/α-hetero) is 2. The predicted octanol–water partition coefficient (Wildman–Crippen LogP) is 0.354. The second-order valence-corrected chi connectivity index (χ2v) is 2.88. The van der Waals surface area contributed by atoms with Crippen LogP contribution in [-0.4, -0.2) is 17.9 Å². The Morgan fingerprint density at radius 2 is 1.92 bits per heavy atom. The molecular formula is C9H6O3. The average Bonchev–Trinajstić information content (AvgIpc) is 2.01. The van der Waals surface area contributed by atoms with Gasteiger partial charge in [-0.1, -0.05) is 0 Å². The van der Waals surface area contributed by atoms with Crippen molar-refractivity contribution in [3.63, 3.8) is 0 Å². The van der Waals surface area contributed by atoms with Crippen LogP contribution < -0.4 is 0 Å². The number of rotatable bonds is 1. The number of allylic oxidation sites excluding steroid dienone is 4. The summed E-state index contributed by atoms with van der Waals surface area (Å²) in [5.41, 5.74) is 1.46. The Morgan fingerprint density at radius 1 is 1.17 bits per heavy atom. The van der Waals surface area contributed by atoms with E-state index in [9.17, 15) is 14.4 Å². The highest BCUT2D eigenvalue weighted by Crippen LogP contribution is 2.33. The Labute approximate surface area is 68.8 Å². The van der Waals surface area contributed by atoms with E-state index in [0.29, 0.717) is 18.3 Å². The molecule has 0 aromatic carbocycles. The number of carbonyl (C=O) groups excluding carboxylic acids is 3. The first kappa shape index (κ1) is 7.16. The van der Waals surface area contributed by atoms with Crippen LogP contribution in [0, 0.1) is 0 Å². The van der Waals surface area contributed by atoms with Crippen molar-refractivity contribution in [3.05, 3.63) is 22.8 Å². The van der Waals surface area contributed by atoms with Gasteiger partial charge in [-0.05, 0) is 24.5 Å². The highest BCUT2D eigenvalue weighted by Gasteiger charge is 2.33. The van der Waals surface area contributed by atoms with Gasteiger partial charge in [0.05, 0.1) is 5.57 Å². The molecule has 0 saturated heterocycles. The summed E-state index contributed by atoms with van der Waals surface area (Å²) in [6.45, 7) is 0. The molecule has 2 rings (SSSR count). The zero-order valence-corrected chi connectivity index (χ0v) is 6.29. The molecule has 0 aromatic heterocycles. The van der Waals surface area contributed by atoms with Gasteiger partial charge in [0.1, 0.15) is 0 Å². The maximum atomic E-state index is 11.1. The van der Waals surface area contributed by atoms with Crippen LogP contribution in [0.25, 0.3) is 0 Å². The quantitative estimate of drug-likeness (QED) is 0.242. The molecule has 0 saturated carbocycles. The molecule has 0 unspecified atom stereocenters. The van der Waals surface area contributed by atoms with Gasteiger partial charge in [0.2, 0.25) is 11.6 Å². The van der Waals surface area contributed by atoms with Crippen LogP contribution in [0.1, 0.15) is 12.8 Å². The van der Waals surface area contributed by atoms with Gasteiger partial charge in [-0.3, -0.25) is 14.4 Å². The first-order chi connectivity index (χ1) is 5.74. The summed E-state index contributed by atoms with van der Waals surface area (Å²) in [5, 5.41) is 0. The van der Waals surface area contributed by atoms with Crippen molar-refractivity contribution in [1.82, 2.24) is 0 Å². The molecule has 0 aromatic rings. The van der Waals surface area contributed by atoms with E-state index in [-0.39, 0.29) is 5.57 Å². The standard InChI is InChI=1S/C9H6O3/c10-4-6-3-5-1-2-7(5)9(12)8(6)11/h3-4H,1-2H2. The van der Waals surface area contributed by atoms with Crippen LogP contribution in [0.5, 0.6) is 0 Å². The fraction of sp³-hybridized carbons (Fsp3) is 0.222. The maximum Gasteiger partial charge on any atom is 0.236 e. The molecule has 2 aliphatic rings. The Hall–Kier alpha value is -1.51. The zero-order chi connectivity index (χ0) is 8.72. The minimum atomic E-state index is -0.650. The maximum absolute atomic E-state index is 11.1. The van der Waals surface area contributed by atoms with Crippen LogP contribution >= 0.6 is 0 Å². The van der Waals surface area contributed by atoms with Crippen LogP contribution in [0.3, 0.4) is 0 Å². The summed E-state index contributed by atoms with van der Waals surface area (Å²) >= 11 is 0. The van der Waals surface area contributed by atoms with Crippen molar-refractivity contribution in [2.45, 2.75) is 12.8 Å². The van der Waals surface area contributed by atoms with E-state index in [1.165, 1.54) is 6.08 Å². The smallest absolute Gasteiger partial charge is 0.236 e. The fourth-order valence-corrected chi connectivity index (χ4v) is 1.42. The predicted molar refractivity (Wildman–Crippen MR) is 40.4 cm³/mol. The van der Waals surface area contributed by atoms with E-state index in [0.717, 1.165) is 12.0 Å². The monoisotopic (exact) mass is 162 g/mol. The lowest BCUT2D eigenvalue weighted by molar-refractivity contribution is -0.133. The van der Waals surface area contributed by atoms with Gasteiger partial charge in [-0.15, -0.1) is 0 Å². The Morgan fingerprint density at radius 3 is 2.42 bits per heavy atom. The zero-order valence-electron chi connectivity index (χ0n) is 6.29. The lowest BCUT2D eigenvalue weighted by atomic mass is 9.78. The van der Waals surface area contributed by atoms with Crippen molar-refractivity contribution in [1.29, 1.82) is 0 Å². The van der Waals surface area contributed by atoms with Gasteiger partial charge in [0, 0.05) is 5.57 Å². The van der Waals surface area contributed by atoms with Crippen molar-refractivity contribution in [2.24, 2.45) is 0 Å². The normalized spacial score (nSPS) is 21.5. The molecule has 0 bridgehead atoms. The van der Waals surface area contributed by atoms with Crippen LogP contribution in [0.2, 0.25) is 0 Å². The fourth-order valence-electron chi connectivity index (χ4n) is 1.42. The topological polar surface area (TPSA) is 51.2 Å². The molecule has 0 atom stereocenters. The van der Waals surface area contributed by atoms with Gasteiger partial charge in [0.15, 0.2) is 6.29 Å². The third kappa shape index (κ3) is 0.733. The number of hydrogen-bond acceptors (Lipinski definition) is 3. The molecule has 3 nitrogen and oxygen atoms in total. The minimum Gasteiger partial charge on any atom is -0.298 e. The number of hydrogen-bond donors (Lipinski definition) is 0. The van der Waals surface area contributed by atoms with Gasteiger partial charge >= 0.3 is 0 Å². The third-order valence-electron chi connectivity index (χ3n) is 2.23. The summed E-state index contributed by atoms with van der Waals surface area (Å²) < 4.78 is 0. The molecule has 2 aliphatic carbocycles. The second kappa shape index (κ2) is 2.24. The number of carbonyl (C=O) groups is 3. The van der Waals surface area contributed by atoms with E-state index in [1.807, 2.05) is 0 Å². The van der Waals surface area contributed by atoms with Gasteiger partial charge < -0.3 is 0 Å². The lowest BCUT2D eigenvalue weighted by Crippen LogP contribution is -2.28. The van der Waals surface area contributed by atoms with Gasteiger partial charge in [0.25, 0.3) is 0 Å². The van der Waals surface area contributed by atoms with Crippen LogP contribution in [-0.2, 0) is 14.4 Å². The van der Waals surface area contributed by atoms with Gasteiger partial charge in [-0.25, -0.2) is 0 Å². The van der Waals surface area contributed by atoms with Crippen molar-refractivity contribution >= 4 is 17.9 Å². The molecule has 0 aliphatic heterocycles. The van der Waals surface area contributed by atoms with E-state index >= 15 is 0 Å². The highest BCUT2D eigenvalue weighted by atomic mass is 16.2. The molecule has 3 heteroatoms. The lowest BCUT2D eigenvalue weighted by Gasteiger charge is -2.23. The summed E-state index contributed by atoms with van der Waals surface area (Å²) in [6, 6.07) is 0. The third-order valence-corrected chi connectivity index (χ3v) is 2.23.